The standard InChI is InChI=1S/C14H19BrClNO3/c1-9(13(19)17(4)14(2,3)8-18)20-12-6-5-10(16)7-11(12)15/h5-7,9,18H,8H2,1-4H3. The van der Waals surface area contributed by atoms with Crippen LogP contribution in [0.5, 0.6) is 5.75 Å². The van der Waals surface area contributed by atoms with E-state index >= 15 is 0 Å². The lowest BCUT2D eigenvalue weighted by atomic mass is 10.0. The van der Waals surface area contributed by atoms with Gasteiger partial charge in [0.05, 0.1) is 16.6 Å². The van der Waals surface area contributed by atoms with Gasteiger partial charge in [-0.25, -0.2) is 0 Å². The fourth-order valence-electron chi connectivity index (χ4n) is 1.49. The summed E-state index contributed by atoms with van der Waals surface area (Å²) in [6, 6.07) is 5.10. The van der Waals surface area contributed by atoms with Crippen LogP contribution in [0.15, 0.2) is 22.7 Å². The molecule has 1 atom stereocenters. The van der Waals surface area contributed by atoms with Crippen LogP contribution in [-0.4, -0.2) is 41.2 Å². The molecule has 1 aromatic carbocycles. The first-order valence-electron chi connectivity index (χ1n) is 6.19. The van der Waals surface area contributed by atoms with E-state index in [2.05, 4.69) is 15.9 Å². The topological polar surface area (TPSA) is 49.8 Å². The van der Waals surface area contributed by atoms with Gasteiger partial charge in [0.2, 0.25) is 0 Å². The van der Waals surface area contributed by atoms with Gasteiger partial charge in [-0.3, -0.25) is 4.79 Å². The highest BCUT2D eigenvalue weighted by Gasteiger charge is 2.30. The third-order valence-electron chi connectivity index (χ3n) is 3.17. The van der Waals surface area contributed by atoms with Gasteiger partial charge < -0.3 is 14.7 Å². The highest BCUT2D eigenvalue weighted by molar-refractivity contribution is 9.10. The molecule has 6 heteroatoms. The second-order valence-corrected chi connectivity index (χ2v) is 6.49. The van der Waals surface area contributed by atoms with Crippen molar-refractivity contribution in [2.45, 2.75) is 32.4 Å². The monoisotopic (exact) mass is 363 g/mol. The third-order valence-corrected chi connectivity index (χ3v) is 4.03. The van der Waals surface area contributed by atoms with Crippen LogP contribution in [0, 0.1) is 0 Å². The first kappa shape index (κ1) is 17.3. The quantitative estimate of drug-likeness (QED) is 0.873. The number of aliphatic hydroxyl groups excluding tert-OH is 1. The number of hydrogen-bond donors (Lipinski definition) is 1. The van der Waals surface area contributed by atoms with Crippen molar-refractivity contribution in [3.8, 4) is 5.75 Å². The Balaban J connectivity index is 2.80. The Hall–Kier alpha value is -0.780. The highest BCUT2D eigenvalue weighted by Crippen LogP contribution is 2.29. The van der Waals surface area contributed by atoms with Gasteiger partial charge in [-0.15, -0.1) is 0 Å². The lowest BCUT2D eigenvalue weighted by molar-refractivity contribution is -0.142. The molecule has 0 aliphatic heterocycles. The summed E-state index contributed by atoms with van der Waals surface area (Å²) in [5.41, 5.74) is -0.633. The number of aliphatic hydroxyl groups is 1. The zero-order chi connectivity index (χ0) is 15.5. The van der Waals surface area contributed by atoms with Crippen molar-refractivity contribution in [2.75, 3.05) is 13.7 Å². The summed E-state index contributed by atoms with van der Waals surface area (Å²) in [4.78, 5) is 13.8. The van der Waals surface area contributed by atoms with E-state index in [1.807, 2.05) is 0 Å². The normalized spacial score (nSPS) is 12.9. The van der Waals surface area contributed by atoms with E-state index in [1.165, 1.54) is 4.90 Å². The Morgan fingerprint density at radius 2 is 2.15 bits per heavy atom. The molecule has 1 aromatic rings. The summed E-state index contributed by atoms with van der Waals surface area (Å²) in [6.45, 7) is 5.13. The molecular formula is C14H19BrClNO3. The van der Waals surface area contributed by atoms with Crippen molar-refractivity contribution in [1.82, 2.24) is 4.90 Å². The van der Waals surface area contributed by atoms with Crippen LogP contribution in [-0.2, 0) is 4.79 Å². The van der Waals surface area contributed by atoms with Crippen molar-refractivity contribution >= 4 is 33.4 Å². The smallest absolute Gasteiger partial charge is 0.263 e. The predicted octanol–water partition coefficient (Wildman–Crippen LogP) is 3.10. The van der Waals surface area contributed by atoms with Gasteiger partial charge in [0, 0.05) is 12.1 Å². The van der Waals surface area contributed by atoms with Crippen LogP contribution >= 0.6 is 27.5 Å². The molecule has 0 fully saturated rings. The molecule has 0 saturated heterocycles. The summed E-state index contributed by atoms with van der Waals surface area (Å²) in [5, 5.41) is 9.89. The molecule has 1 amide bonds. The maximum absolute atomic E-state index is 12.3. The Bertz CT molecular complexity index is 493. The van der Waals surface area contributed by atoms with Gasteiger partial charge >= 0.3 is 0 Å². The molecule has 0 aliphatic carbocycles. The van der Waals surface area contributed by atoms with Gasteiger partial charge in [0.15, 0.2) is 6.10 Å². The average Bonchev–Trinajstić information content (AvgIpc) is 2.40. The highest BCUT2D eigenvalue weighted by atomic mass is 79.9. The summed E-state index contributed by atoms with van der Waals surface area (Å²) < 4.78 is 6.33. The van der Waals surface area contributed by atoms with Crippen LogP contribution in [0.1, 0.15) is 20.8 Å². The maximum atomic E-state index is 12.3. The Kier molecular flexibility index (Phi) is 5.86. The van der Waals surface area contributed by atoms with E-state index in [0.29, 0.717) is 15.2 Å². The second kappa shape index (κ2) is 6.78. The lowest BCUT2D eigenvalue weighted by Gasteiger charge is -2.35. The van der Waals surface area contributed by atoms with E-state index in [4.69, 9.17) is 16.3 Å². The largest absolute Gasteiger partial charge is 0.480 e. The van der Waals surface area contributed by atoms with Gasteiger partial charge in [-0.1, -0.05) is 11.6 Å². The molecule has 1 unspecified atom stereocenters. The number of benzene rings is 1. The lowest BCUT2D eigenvalue weighted by Crippen LogP contribution is -2.51. The van der Waals surface area contributed by atoms with E-state index in [0.717, 1.165) is 0 Å². The van der Waals surface area contributed by atoms with Crippen LogP contribution in [0.4, 0.5) is 0 Å². The Morgan fingerprint density at radius 3 is 2.65 bits per heavy atom. The zero-order valence-corrected chi connectivity index (χ0v) is 14.3. The molecule has 0 spiro atoms. The van der Waals surface area contributed by atoms with Crippen LogP contribution in [0.3, 0.4) is 0 Å². The number of carbonyl (C=O) groups excluding carboxylic acids is 1. The molecule has 0 aliphatic rings. The fourth-order valence-corrected chi connectivity index (χ4v) is 2.26. The third kappa shape index (κ3) is 4.11. The molecular weight excluding hydrogens is 346 g/mol. The number of carbonyl (C=O) groups is 1. The average molecular weight is 365 g/mol. The van der Waals surface area contributed by atoms with Gasteiger partial charge in [0.25, 0.3) is 5.91 Å². The summed E-state index contributed by atoms with van der Waals surface area (Å²) >= 11 is 9.20. The molecule has 0 heterocycles. The molecule has 20 heavy (non-hydrogen) atoms. The summed E-state index contributed by atoms with van der Waals surface area (Å²) in [7, 11) is 1.65. The van der Waals surface area contributed by atoms with Crippen molar-refractivity contribution in [3.05, 3.63) is 27.7 Å². The molecule has 0 bridgehead atoms. The minimum absolute atomic E-state index is 0.118. The number of ether oxygens (including phenoxy) is 1. The number of hydrogen-bond acceptors (Lipinski definition) is 3. The zero-order valence-electron chi connectivity index (χ0n) is 12.0. The summed E-state index contributed by atoms with van der Waals surface area (Å²) in [5.74, 6) is 0.344. The molecule has 0 saturated carbocycles. The van der Waals surface area contributed by atoms with E-state index in [9.17, 15) is 9.90 Å². The van der Waals surface area contributed by atoms with Crippen molar-refractivity contribution in [1.29, 1.82) is 0 Å². The summed E-state index contributed by atoms with van der Waals surface area (Å²) in [6.07, 6.45) is -0.664. The van der Waals surface area contributed by atoms with Gasteiger partial charge in [-0.2, -0.15) is 0 Å². The first-order chi connectivity index (χ1) is 9.19. The van der Waals surface area contributed by atoms with Crippen LogP contribution in [0.25, 0.3) is 0 Å². The van der Waals surface area contributed by atoms with E-state index in [1.54, 1.807) is 46.0 Å². The van der Waals surface area contributed by atoms with Crippen LogP contribution < -0.4 is 4.74 Å². The molecule has 4 nitrogen and oxygen atoms in total. The number of amides is 1. The van der Waals surface area contributed by atoms with Gasteiger partial charge in [-0.05, 0) is 54.9 Å². The second-order valence-electron chi connectivity index (χ2n) is 5.20. The molecule has 112 valence electrons. The van der Waals surface area contributed by atoms with E-state index in [-0.39, 0.29) is 12.5 Å². The molecule has 0 radical (unpaired) electrons. The molecule has 1 N–H and O–H groups in total. The maximum Gasteiger partial charge on any atom is 0.263 e. The number of likely N-dealkylation sites (N-methyl/N-ethyl adjacent to an activating group) is 1. The SMILES string of the molecule is CC(Oc1ccc(Cl)cc1Br)C(=O)N(C)C(C)(C)CO. The predicted molar refractivity (Wildman–Crippen MR) is 83.2 cm³/mol. The van der Waals surface area contributed by atoms with Gasteiger partial charge in [0.1, 0.15) is 5.75 Å². The molecule has 1 rings (SSSR count). The number of nitrogens with zero attached hydrogens (tertiary/aromatic N) is 1. The number of halogens is 2. The van der Waals surface area contributed by atoms with Crippen LogP contribution in [0.2, 0.25) is 5.02 Å². The Morgan fingerprint density at radius 1 is 1.55 bits per heavy atom. The van der Waals surface area contributed by atoms with Crippen molar-refractivity contribution in [2.24, 2.45) is 0 Å². The minimum atomic E-state index is -0.664. The number of rotatable bonds is 5. The van der Waals surface area contributed by atoms with E-state index < -0.39 is 11.6 Å². The Labute approximate surface area is 132 Å². The minimum Gasteiger partial charge on any atom is -0.480 e. The van der Waals surface area contributed by atoms with Crippen molar-refractivity contribution in [3.63, 3.8) is 0 Å². The van der Waals surface area contributed by atoms with Crippen molar-refractivity contribution < 1.29 is 14.6 Å². The fraction of sp³-hybridized carbons (Fsp3) is 0.500. The first-order valence-corrected chi connectivity index (χ1v) is 7.36. The molecule has 0 aromatic heterocycles.